The molecule has 0 radical (unpaired) electrons. The molecular weight excluding hydrogens is 320 g/mol. The Kier molecular flexibility index (Phi) is 6.83. The van der Waals surface area contributed by atoms with E-state index in [1.807, 2.05) is 12.1 Å². The van der Waals surface area contributed by atoms with Gasteiger partial charge in [0.2, 0.25) is 5.91 Å². The monoisotopic (exact) mass is 342 g/mol. The maximum atomic E-state index is 11.8. The first-order valence-corrected chi connectivity index (χ1v) is 8.21. The number of aromatic hydroxyl groups is 2. The number of carbonyl (C=O) groups is 2. The molecule has 132 valence electrons. The molecule has 0 aliphatic heterocycles. The highest BCUT2D eigenvalue weighted by Crippen LogP contribution is 2.13. The van der Waals surface area contributed by atoms with Gasteiger partial charge in [-0.2, -0.15) is 0 Å². The van der Waals surface area contributed by atoms with Crippen LogP contribution in [0.3, 0.4) is 0 Å². The summed E-state index contributed by atoms with van der Waals surface area (Å²) in [7, 11) is 0. The van der Waals surface area contributed by atoms with E-state index in [-0.39, 0.29) is 23.0 Å². The third-order valence-corrected chi connectivity index (χ3v) is 3.73. The Morgan fingerprint density at radius 2 is 1.60 bits per heavy atom. The summed E-state index contributed by atoms with van der Waals surface area (Å²) in [6.45, 7) is 0. The molecule has 0 aliphatic rings. The van der Waals surface area contributed by atoms with Crippen molar-refractivity contribution >= 4 is 11.8 Å². The van der Waals surface area contributed by atoms with Crippen molar-refractivity contribution in [3.63, 3.8) is 0 Å². The number of nitrogens with one attached hydrogen (secondary N) is 2. The Labute approximate surface area is 146 Å². The molecule has 2 aromatic carbocycles. The molecule has 25 heavy (non-hydrogen) atoms. The lowest BCUT2D eigenvalue weighted by Crippen LogP contribution is -2.41. The van der Waals surface area contributed by atoms with Crippen LogP contribution in [0.15, 0.2) is 48.5 Å². The van der Waals surface area contributed by atoms with Crippen molar-refractivity contribution < 1.29 is 19.8 Å². The van der Waals surface area contributed by atoms with Crippen LogP contribution >= 0.6 is 0 Å². The Balaban J connectivity index is 1.59. The number of hydrazine groups is 1. The van der Waals surface area contributed by atoms with Crippen molar-refractivity contribution in [1.29, 1.82) is 0 Å². The second kappa shape index (κ2) is 9.32. The van der Waals surface area contributed by atoms with E-state index >= 15 is 0 Å². The topological polar surface area (TPSA) is 98.7 Å². The molecule has 0 aromatic heterocycles. The van der Waals surface area contributed by atoms with Crippen molar-refractivity contribution in [1.82, 2.24) is 10.9 Å². The van der Waals surface area contributed by atoms with Crippen LogP contribution in [-0.4, -0.2) is 22.0 Å². The molecule has 4 N–H and O–H groups in total. The highest BCUT2D eigenvalue weighted by atomic mass is 16.3. The van der Waals surface area contributed by atoms with Gasteiger partial charge in [-0.05, 0) is 55.2 Å². The fourth-order valence-electron chi connectivity index (χ4n) is 2.36. The molecular formula is C19H22N2O4. The first kappa shape index (κ1) is 18.3. The predicted octanol–water partition coefficient (Wildman–Crippen LogP) is 2.66. The largest absolute Gasteiger partial charge is 0.508 e. The number of phenols is 2. The number of phenolic OH excluding ortho intramolecular Hbond substituents is 2. The van der Waals surface area contributed by atoms with Gasteiger partial charge in [-0.3, -0.25) is 20.4 Å². The smallest absolute Gasteiger partial charge is 0.269 e. The summed E-state index contributed by atoms with van der Waals surface area (Å²) in [6.07, 6.45) is 3.81. The van der Waals surface area contributed by atoms with Crippen molar-refractivity contribution in [2.24, 2.45) is 0 Å². The Hall–Kier alpha value is -3.02. The van der Waals surface area contributed by atoms with Gasteiger partial charge in [0, 0.05) is 12.0 Å². The number of amides is 2. The van der Waals surface area contributed by atoms with Gasteiger partial charge in [0.25, 0.3) is 5.91 Å². The predicted molar refractivity (Wildman–Crippen MR) is 94.0 cm³/mol. The van der Waals surface area contributed by atoms with E-state index in [1.54, 1.807) is 24.3 Å². The molecule has 0 spiro atoms. The Morgan fingerprint density at radius 3 is 2.32 bits per heavy atom. The minimum Gasteiger partial charge on any atom is -0.508 e. The molecule has 2 rings (SSSR count). The summed E-state index contributed by atoms with van der Waals surface area (Å²) in [5.41, 5.74) is 6.12. The lowest BCUT2D eigenvalue weighted by molar-refractivity contribution is -0.121. The zero-order valence-electron chi connectivity index (χ0n) is 13.9. The second-order valence-electron chi connectivity index (χ2n) is 5.78. The van der Waals surface area contributed by atoms with E-state index in [1.165, 1.54) is 12.1 Å². The fourth-order valence-corrected chi connectivity index (χ4v) is 2.36. The van der Waals surface area contributed by atoms with E-state index < -0.39 is 5.91 Å². The molecule has 6 nitrogen and oxygen atoms in total. The van der Waals surface area contributed by atoms with Crippen molar-refractivity contribution in [3.05, 3.63) is 59.7 Å². The third kappa shape index (κ3) is 6.55. The SMILES string of the molecule is O=C(CCCCCc1ccc(O)cc1)NNC(=O)c1cccc(O)c1. The molecule has 0 saturated carbocycles. The lowest BCUT2D eigenvalue weighted by Gasteiger charge is -2.07. The minimum atomic E-state index is -0.475. The highest BCUT2D eigenvalue weighted by molar-refractivity contribution is 5.95. The van der Waals surface area contributed by atoms with Crippen LogP contribution in [0.25, 0.3) is 0 Å². The zero-order valence-corrected chi connectivity index (χ0v) is 13.9. The van der Waals surface area contributed by atoms with Gasteiger partial charge in [0.15, 0.2) is 0 Å². The van der Waals surface area contributed by atoms with E-state index in [4.69, 9.17) is 0 Å². The number of hydrogen-bond donors (Lipinski definition) is 4. The van der Waals surface area contributed by atoms with Crippen molar-refractivity contribution in [3.8, 4) is 11.5 Å². The van der Waals surface area contributed by atoms with E-state index in [0.29, 0.717) is 6.42 Å². The summed E-state index contributed by atoms with van der Waals surface area (Å²) in [6, 6.07) is 13.0. The summed E-state index contributed by atoms with van der Waals surface area (Å²) in [5, 5.41) is 18.5. The first-order chi connectivity index (χ1) is 12.0. The molecule has 0 atom stereocenters. The van der Waals surface area contributed by atoms with Crippen LogP contribution in [-0.2, 0) is 11.2 Å². The van der Waals surface area contributed by atoms with Crippen molar-refractivity contribution in [2.45, 2.75) is 32.1 Å². The normalized spacial score (nSPS) is 10.2. The standard InChI is InChI=1S/C19H22N2O4/c22-16-11-9-14(10-12-16)5-2-1-3-8-18(24)20-21-19(25)15-6-4-7-17(23)13-15/h4,6-7,9-13,22-23H,1-3,5,8H2,(H,20,24)(H,21,25). The Morgan fingerprint density at radius 1 is 0.840 bits per heavy atom. The maximum Gasteiger partial charge on any atom is 0.269 e. The number of benzene rings is 2. The summed E-state index contributed by atoms with van der Waals surface area (Å²) in [5.74, 6) is -0.476. The lowest BCUT2D eigenvalue weighted by atomic mass is 10.1. The van der Waals surface area contributed by atoms with Crippen LogP contribution in [0, 0.1) is 0 Å². The number of aryl methyl sites for hydroxylation is 1. The number of hydrogen-bond acceptors (Lipinski definition) is 4. The van der Waals surface area contributed by atoms with Gasteiger partial charge in [0.05, 0.1) is 0 Å². The molecule has 0 heterocycles. The maximum absolute atomic E-state index is 11.8. The zero-order chi connectivity index (χ0) is 18.1. The van der Waals surface area contributed by atoms with Gasteiger partial charge < -0.3 is 10.2 Å². The Bertz CT molecular complexity index is 714. The number of unbranched alkanes of at least 4 members (excludes halogenated alkanes) is 2. The van der Waals surface area contributed by atoms with Gasteiger partial charge in [-0.25, -0.2) is 0 Å². The molecule has 0 aliphatic carbocycles. The average molecular weight is 342 g/mol. The van der Waals surface area contributed by atoms with Crippen LogP contribution < -0.4 is 10.9 Å². The molecule has 0 saturated heterocycles. The van der Waals surface area contributed by atoms with Gasteiger partial charge in [-0.1, -0.05) is 24.6 Å². The molecule has 6 heteroatoms. The summed E-state index contributed by atoms with van der Waals surface area (Å²) < 4.78 is 0. The van der Waals surface area contributed by atoms with Crippen molar-refractivity contribution in [2.75, 3.05) is 0 Å². The quantitative estimate of drug-likeness (QED) is 0.459. The van der Waals surface area contributed by atoms with E-state index in [2.05, 4.69) is 10.9 Å². The summed E-state index contributed by atoms with van der Waals surface area (Å²) in [4.78, 5) is 23.5. The van der Waals surface area contributed by atoms with Gasteiger partial charge >= 0.3 is 0 Å². The molecule has 2 amide bonds. The van der Waals surface area contributed by atoms with Crippen LogP contribution in [0.5, 0.6) is 11.5 Å². The highest BCUT2D eigenvalue weighted by Gasteiger charge is 2.07. The summed E-state index contributed by atoms with van der Waals surface area (Å²) >= 11 is 0. The molecule has 0 fully saturated rings. The molecule has 0 bridgehead atoms. The third-order valence-electron chi connectivity index (χ3n) is 3.73. The first-order valence-electron chi connectivity index (χ1n) is 8.21. The van der Waals surface area contributed by atoms with Gasteiger partial charge in [0.1, 0.15) is 11.5 Å². The molecule has 0 unspecified atom stereocenters. The minimum absolute atomic E-state index is 0.00685. The van der Waals surface area contributed by atoms with Crippen LogP contribution in [0.2, 0.25) is 0 Å². The average Bonchev–Trinajstić information content (AvgIpc) is 2.61. The van der Waals surface area contributed by atoms with E-state index in [9.17, 15) is 19.8 Å². The second-order valence-corrected chi connectivity index (χ2v) is 5.78. The van der Waals surface area contributed by atoms with Gasteiger partial charge in [-0.15, -0.1) is 0 Å². The molecule has 2 aromatic rings. The fraction of sp³-hybridized carbons (Fsp3) is 0.263. The number of rotatable bonds is 7. The number of carbonyl (C=O) groups excluding carboxylic acids is 2. The van der Waals surface area contributed by atoms with Crippen LogP contribution in [0.4, 0.5) is 0 Å². The van der Waals surface area contributed by atoms with E-state index in [0.717, 1.165) is 31.2 Å². The van der Waals surface area contributed by atoms with Crippen LogP contribution in [0.1, 0.15) is 41.6 Å².